The maximum Gasteiger partial charge on any atom is 0.129 e. The average Bonchev–Trinajstić information content (AvgIpc) is 2.09. The summed E-state index contributed by atoms with van der Waals surface area (Å²) in [4.78, 5) is 3.96. The van der Waals surface area contributed by atoms with Gasteiger partial charge in [-0.2, -0.15) is 0 Å². The quantitative estimate of drug-likeness (QED) is 0.628. The van der Waals surface area contributed by atoms with Crippen LogP contribution in [0, 0.1) is 6.92 Å². The van der Waals surface area contributed by atoms with Gasteiger partial charge in [0, 0.05) is 11.8 Å². The number of aromatic nitrogens is 1. The number of hydrogen-bond donors (Lipinski definition) is 3. The standard InChI is InChI=1S/C9H15N3O/c1-6-4-7(8(13)2-3-10)9(11)12-5-6/h4-5,8,13H,2-3,10H2,1H3,(H2,11,12). The first-order valence-corrected chi connectivity index (χ1v) is 4.25. The minimum Gasteiger partial charge on any atom is -0.388 e. The molecule has 4 heteroatoms. The summed E-state index contributed by atoms with van der Waals surface area (Å²) >= 11 is 0. The molecule has 1 aromatic rings. The van der Waals surface area contributed by atoms with E-state index >= 15 is 0 Å². The molecule has 0 aliphatic carbocycles. The smallest absolute Gasteiger partial charge is 0.129 e. The van der Waals surface area contributed by atoms with E-state index < -0.39 is 6.10 Å². The minimum atomic E-state index is -0.600. The zero-order valence-electron chi connectivity index (χ0n) is 7.70. The lowest BCUT2D eigenvalue weighted by molar-refractivity contribution is 0.170. The largest absolute Gasteiger partial charge is 0.388 e. The van der Waals surface area contributed by atoms with Crippen molar-refractivity contribution in [3.63, 3.8) is 0 Å². The first kappa shape index (κ1) is 9.95. The molecule has 0 saturated heterocycles. The third-order valence-corrected chi connectivity index (χ3v) is 1.89. The molecular weight excluding hydrogens is 166 g/mol. The van der Waals surface area contributed by atoms with Crippen molar-refractivity contribution in [2.75, 3.05) is 12.3 Å². The molecule has 0 aliphatic heterocycles. The minimum absolute atomic E-state index is 0.381. The molecule has 1 aromatic heterocycles. The van der Waals surface area contributed by atoms with Crippen molar-refractivity contribution in [3.05, 3.63) is 23.4 Å². The van der Waals surface area contributed by atoms with Crippen LogP contribution in [0.3, 0.4) is 0 Å². The Balaban J connectivity index is 2.91. The highest BCUT2D eigenvalue weighted by Gasteiger charge is 2.10. The lowest BCUT2D eigenvalue weighted by Crippen LogP contribution is -2.09. The number of rotatable bonds is 3. The number of pyridine rings is 1. The van der Waals surface area contributed by atoms with E-state index in [1.165, 1.54) is 0 Å². The fourth-order valence-corrected chi connectivity index (χ4v) is 1.18. The Labute approximate surface area is 77.6 Å². The average molecular weight is 181 g/mol. The first-order valence-electron chi connectivity index (χ1n) is 4.25. The number of nitrogens with zero attached hydrogens (tertiary/aromatic N) is 1. The lowest BCUT2D eigenvalue weighted by Gasteiger charge is -2.11. The molecule has 1 unspecified atom stereocenters. The number of aliphatic hydroxyl groups is 1. The summed E-state index contributed by atoms with van der Waals surface area (Å²) in [6.45, 7) is 2.35. The second-order valence-corrected chi connectivity index (χ2v) is 3.08. The normalized spacial score (nSPS) is 12.8. The van der Waals surface area contributed by atoms with Gasteiger partial charge in [-0.3, -0.25) is 0 Å². The van der Waals surface area contributed by atoms with Crippen molar-refractivity contribution in [2.24, 2.45) is 5.73 Å². The van der Waals surface area contributed by atoms with Crippen molar-refractivity contribution >= 4 is 5.82 Å². The topological polar surface area (TPSA) is 85.2 Å². The number of nitrogens with two attached hydrogens (primary N) is 2. The fourth-order valence-electron chi connectivity index (χ4n) is 1.18. The van der Waals surface area contributed by atoms with Crippen LogP contribution in [-0.4, -0.2) is 16.6 Å². The van der Waals surface area contributed by atoms with Gasteiger partial charge in [0.15, 0.2) is 0 Å². The van der Waals surface area contributed by atoms with Crippen LogP contribution in [0.25, 0.3) is 0 Å². The Morgan fingerprint density at radius 3 is 2.92 bits per heavy atom. The van der Waals surface area contributed by atoms with Crippen molar-refractivity contribution in [3.8, 4) is 0 Å². The molecule has 72 valence electrons. The van der Waals surface area contributed by atoms with Crippen LogP contribution in [0.15, 0.2) is 12.3 Å². The Bertz CT molecular complexity index is 288. The lowest BCUT2D eigenvalue weighted by atomic mass is 10.1. The van der Waals surface area contributed by atoms with Gasteiger partial charge in [-0.05, 0) is 31.5 Å². The molecule has 0 bridgehead atoms. The van der Waals surface area contributed by atoms with Crippen LogP contribution in [0.2, 0.25) is 0 Å². The molecule has 1 heterocycles. The number of hydrogen-bond acceptors (Lipinski definition) is 4. The molecule has 1 rings (SSSR count). The van der Waals surface area contributed by atoms with E-state index in [4.69, 9.17) is 11.5 Å². The molecule has 4 nitrogen and oxygen atoms in total. The summed E-state index contributed by atoms with van der Waals surface area (Å²) in [6.07, 6.45) is 1.58. The number of nitrogen functional groups attached to an aromatic ring is 1. The predicted octanol–water partition coefficient (Wildman–Crippen LogP) is 0.354. The van der Waals surface area contributed by atoms with Crippen LogP contribution >= 0.6 is 0 Å². The molecule has 0 aliphatic rings. The van der Waals surface area contributed by atoms with Gasteiger partial charge in [-0.1, -0.05) is 0 Å². The fraction of sp³-hybridized carbons (Fsp3) is 0.444. The zero-order valence-corrected chi connectivity index (χ0v) is 7.70. The third kappa shape index (κ3) is 2.40. The molecule has 5 N–H and O–H groups in total. The SMILES string of the molecule is Cc1cnc(N)c(C(O)CCN)c1. The molecule has 0 amide bonds. The maximum atomic E-state index is 9.63. The van der Waals surface area contributed by atoms with Crippen molar-refractivity contribution in [1.29, 1.82) is 0 Å². The van der Waals surface area contributed by atoms with E-state index in [-0.39, 0.29) is 0 Å². The molecule has 0 fully saturated rings. The maximum absolute atomic E-state index is 9.63. The van der Waals surface area contributed by atoms with E-state index in [9.17, 15) is 5.11 Å². The van der Waals surface area contributed by atoms with Crippen molar-refractivity contribution in [1.82, 2.24) is 4.98 Å². The van der Waals surface area contributed by atoms with Gasteiger partial charge in [0.2, 0.25) is 0 Å². The molecule has 13 heavy (non-hydrogen) atoms. The van der Waals surface area contributed by atoms with Gasteiger partial charge < -0.3 is 16.6 Å². The zero-order chi connectivity index (χ0) is 9.84. The molecule has 0 saturated carbocycles. The van der Waals surface area contributed by atoms with E-state index in [2.05, 4.69) is 4.98 Å². The predicted molar refractivity (Wildman–Crippen MR) is 52.0 cm³/mol. The molecule has 0 spiro atoms. The van der Waals surface area contributed by atoms with Crippen LogP contribution in [0.4, 0.5) is 5.82 Å². The van der Waals surface area contributed by atoms with Gasteiger partial charge >= 0.3 is 0 Å². The summed E-state index contributed by atoms with van der Waals surface area (Å²) in [5, 5.41) is 9.63. The highest BCUT2D eigenvalue weighted by molar-refractivity contribution is 5.42. The van der Waals surface area contributed by atoms with Crippen LogP contribution in [0.1, 0.15) is 23.7 Å². The van der Waals surface area contributed by atoms with Crippen LogP contribution in [0.5, 0.6) is 0 Å². The van der Waals surface area contributed by atoms with E-state index in [0.29, 0.717) is 24.3 Å². The monoisotopic (exact) mass is 181 g/mol. The Hall–Kier alpha value is -1.13. The van der Waals surface area contributed by atoms with Gasteiger partial charge in [0.25, 0.3) is 0 Å². The van der Waals surface area contributed by atoms with Crippen molar-refractivity contribution < 1.29 is 5.11 Å². The summed E-state index contributed by atoms with van der Waals surface area (Å²) in [5.74, 6) is 0.381. The molecule has 1 atom stereocenters. The van der Waals surface area contributed by atoms with E-state index in [1.54, 1.807) is 6.20 Å². The Kier molecular flexibility index (Phi) is 3.22. The molecule has 0 aromatic carbocycles. The van der Waals surface area contributed by atoms with E-state index in [0.717, 1.165) is 5.56 Å². The van der Waals surface area contributed by atoms with E-state index in [1.807, 2.05) is 13.0 Å². The summed E-state index contributed by atoms with van der Waals surface area (Å²) in [5.41, 5.74) is 12.6. The summed E-state index contributed by atoms with van der Waals surface area (Å²) < 4.78 is 0. The summed E-state index contributed by atoms with van der Waals surface area (Å²) in [6, 6.07) is 1.84. The van der Waals surface area contributed by atoms with Crippen LogP contribution < -0.4 is 11.5 Å². The second-order valence-electron chi connectivity index (χ2n) is 3.08. The second kappa shape index (κ2) is 4.20. The van der Waals surface area contributed by atoms with Crippen LogP contribution in [-0.2, 0) is 0 Å². The number of aliphatic hydroxyl groups excluding tert-OH is 1. The van der Waals surface area contributed by atoms with Crippen molar-refractivity contribution in [2.45, 2.75) is 19.4 Å². The Morgan fingerprint density at radius 1 is 1.62 bits per heavy atom. The molecule has 0 radical (unpaired) electrons. The highest BCUT2D eigenvalue weighted by atomic mass is 16.3. The van der Waals surface area contributed by atoms with Gasteiger partial charge in [-0.25, -0.2) is 4.98 Å². The number of aryl methyl sites for hydroxylation is 1. The first-order chi connectivity index (χ1) is 6.15. The van der Waals surface area contributed by atoms with Gasteiger partial charge in [0.1, 0.15) is 5.82 Å². The summed E-state index contributed by atoms with van der Waals surface area (Å²) in [7, 11) is 0. The Morgan fingerprint density at radius 2 is 2.31 bits per heavy atom. The molecular formula is C9H15N3O. The highest BCUT2D eigenvalue weighted by Crippen LogP contribution is 2.21. The van der Waals surface area contributed by atoms with Gasteiger partial charge in [0.05, 0.1) is 6.10 Å². The third-order valence-electron chi connectivity index (χ3n) is 1.89. The van der Waals surface area contributed by atoms with Gasteiger partial charge in [-0.15, -0.1) is 0 Å². The number of anilines is 1.